The van der Waals surface area contributed by atoms with Crippen LogP contribution in [-0.4, -0.2) is 29.5 Å². The molecule has 2 aliphatic carbocycles. The quantitative estimate of drug-likeness (QED) is 0.414. The lowest BCUT2D eigenvalue weighted by Crippen LogP contribution is -2.46. The number of fused-ring (bicyclic) bond motifs is 3. The molecule has 5 nitrogen and oxygen atoms in total. The molecule has 5 rings (SSSR count). The number of nitrogens with one attached hydrogen (secondary N) is 1. The van der Waals surface area contributed by atoms with Crippen molar-refractivity contribution in [2.45, 2.75) is 45.6 Å². The zero-order valence-corrected chi connectivity index (χ0v) is 21.1. The molecule has 2 saturated carbocycles. The van der Waals surface area contributed by atoms with Crippen molar-refractivity contribution in [3.8, 4) is 11.3 Å². The zero-order valence-electron chi connectivity index (χ0n) is 19.5. The van der Waals surface area contributed by atoms with Crippen molar-refractivity contribution in [1.29, 1.82) is 0 Å². The maximum Gasteiger partial charge on any atom is 0.308 e. The van der Waals surface area contributed by atoms with E-state index >= 15 is 0 Å². The lowest BCUT2D eigenvalue weighted by atomic mass is 9.77. The van der Waals surface area contributed by atoms with Gasteiger partial charge in [0.25, 0.3) is 5.91 Å². The molecule has 3 aromatic rings. The van der Waals surface area contributed by atoms with Gasteiger partial charge in [-0.15, -0.1) is 0 Å². The number of rotatable bonds is 5. The molecule has 2 aliphatic rings. The largest absolute Gasteiger partial charge is 0.466 e. The number of hydrogen-bond donors (Lipinski definition) is 1. The molecule has 6 heteroatoms. The van der Waals surface area contributed by atoms with Gasteiger partial charge in [0.05, 0.1) is 29.3 Å². The third-order valence-corrected chi connectivity index (χ3v) is 7.97. The number of halogens is 1. The average molecular weight is 521 g/mol. The highest BCUT2D eigenvalue weighted by Crippen LogP contribution is 2.45. The molecule has 1 unspecified atom stereocenters. The number of pyridine rings is 1. The minimum Gasteiger partial charge on any atom is -0.466 e. The van der Waals surface area contributed by atoms with Gasteiger partial charge in [0.1, 0.15) is 0 Å². The van der Waals surface area contributed by atoms with Gasteiger partial charge in [-0.1, -0.05) is 46.3 Å². The summed E-state index contributed by atoms with van der Waals surface area (Å²) in [5, 5.41) is 4.23. The van der Waals surface area contributed by atoms with Gasteiger partial charge in [0.15, 0.2) is 0 Å². The molecule has 176 valence electrons. The Labute approximate surface area is 208 Å². The minimum atomic E-state index is -0.0856. The standard InChI is InChI=1S/C28H29BrN2O3/c1-3-34-28(33)20-13-18-9-10-19(14-20)26(18)31-27(32)24-16(2)25(17-7-5-4-6-8-17)30-23-12-11-21(29)15-22(23)24/h4-8,11-12,15,18-20,26H,3,9-10,13-14H2,1-2H3,(H,31,32)/t18-,19+,20-,26?. The maximum atomic E-state index is 13.8. The molecule has 4 atom stereocenters. The van der Waals surface area contributed by atoms with E-state index in [-0.39, 0.29) is 23.8 Å². The highest BCUT2D eigenvalue weighted by Gasteiger charge is 2.46. The smallest absolute Gasteiger partial charge is 0.308 e. The monoisotopic (exact) mass is 520 g/mol. The van der Waals surface area contributed by atoms with Crippen molar-refractivity contribution in [1.82, 2.24) is 10.3 Å². The highest BCUT2D eigenvalue weighted by atomic mass is 79.9. The first-order valence-electron chi connectivity index (χ1n) is 12.1. The topological polar surface area (TPSA) is 68.3 Å². The van der Waals surface area contributed by atoms with Gasteiger partial charge >= 0.3 is 5.97 Å². The molecule has 0 saturated heterocycles. The van der Waals surface area contributed by atoms with Crippen LogP contribution in [0.3, 0.4) is 0 Å². The SMILES string of the molecule is CCOC(=O)[C@@H]1C[C@H]2CC[C@@H](C1)C2NC(=O)c1c(C)c(-c2ccccc2)nc2ccc(Br)cc12. The second kappa shape index (κ2) is 9.49. The minimum absolute atomic E-state index is 0.0465. The molecule has 0 radical (unpaired) electrons. The van der Waals surface area contributed by atoms with Crippen LogP contribution in [0.5, 0.6) is 0 Å². The Bertz CT molecular complexity index is 1230. The Morgan fingerprint density at radius 3 is 2.47 bits per heavy atom. The van der Waals surface area contributed by atoms with E-state index in [1.165, 1.54) is 0 Å². The molecule has 1 N–H and O–H groups in total. The number of nitrogens with zero attached hydrogens (tertiary/aromatic N) is 1. The summed E-state index contributed by atoms with van der Waals surface area (Å²) < 4.78 is 6.20. The van der Waals surface area contributed by atoms with E-state index in [1.54, 1.807) is 0 Å². The second-order valence-electron chi connectivity index (χ2n) is 9.51. The van der Waals surface area contributed by atoms with Crippen LogP contribution in [0.4, 0.5) is 0 Å². The summed E-state index contributed by atoms with van der Waals surface area (Å²) in [5.74, 6) is 0.431. The molecule has 2 fully saturated rings. The molecular weight excluding hydrogens is 492 g/mol. The number of carbonyl (C=O) groups is 2. The van der Waals surface area contributed by atoms with Gasteiger partial charge in [0, 0.05) is 21.5 Å². The second-order valence-corrected chi connectivity index (χ2v) is 10.4. The fraction of sp³-hybridized carbons (Fsp3) is 0.393. The Morgan fingerprint density at radius 1 is 1.09 bits per heavy atom. The molecule has 2 bridgehead atoms. The van der Waals surface area contributed by atoms with Crippen LogP contribution in [-0.2, 0) is 9.53 Å². The summed E-state index contributed by atoms with van der Waals surface area (Å²) in [5.41, 5.74) is 4.18. The molecule has 2 aromatic carbocycles. The number of benzene rings is 2. The van der Waals surface area contributed by atoms with E-state index in [1.807, 2.05) is 62.4 Å². The molecule has 1 amide bonds. The lowest BCUT2D eigenvalue weighted by molar-refractivity contribution is -0.150. The number of carbonyl (C=O) groups excluding carboxylic acids is 2. The van der Waals surface area contributed by atoms with Crippen LogP contribution in [0, 0.1) is 24.7 Å². The first-order chi connectivity index (χ1) is 16.5. The highest BCUT2D eigenvalue weighted by molar-refractivity contribution is 9.10. The third-order valence-electron chi connectivity index (χ3n) is 7.48. The predicted molar refractivity (Wildman–Crippen MR) is 136 cm³/mol. The first kappa shape index (κ1) is 23.0. The molecule has 0 aliphatic heterocycles. The Kier molecular flexibility index (Phi) is 6.43. The van der Waals surface area contributed by atoms with Crippen molar-refractivity contribution in [3.63, 3.8) is 0 Å². The molecule has 1 aromatic heterocycles. The van der Waals surface area contributed by atoms with Crippen molar-refractivity contribution in [3.05, 3.63) is 64.1 Å². The van der Waals surface area contributed by atoms with Gasteiger partial charge in [-0.2, -0.15) is 0 Å². The Hall–Kier alpha value is -2.73. The molecule has 0 spiro atoms. The first-order valence-corrected chi connectivity index (χ1v) is 12.9. The number of hydrogen-bond acceptors (Lipinski definition) is 4. The summed E-state index contributed by atoms with van der Waals surface area (Å²) in [6.45, 7) is 4.25. The van der Waals surface area contributed by atoms with Gasteiger partial charge in [-0.05, 0) is 75.1 Å². The van der Waals surface area contributed by atoms with Gasteiger partial charge in [-0.25, -0.2) is 4.98 Å². The van der Waals surface area contributed by atoms with E-state index in [9.17, 15) is 9.59 Å². The number of ether oxygens (including phenoxy) is 1. The zero-order chi connectivity index (χ0) is 23.8. The summed E-state index contributed by atoms with van der Waals surface area (Å²) >= 11 is 3.56. The predicted octanol–water partition coefficient (Wildman–Crippen LogP) is 6.07. The van der Waals surface area contributed by atoms with Gasteiger partial charge in [0.2, 0.25) is 0 Å². The summed E-state index contributed by atoms with van der Waals surface area (Å²) in [6.07, 6.45) is 3.67. The normalized spacial score (nSPS) is 23.6. The van der Waals surface area contributed by atoms with Crippen molar-refractivity contribution in [2.24, 2.45) is 17.8 Å². The van der Waals surface area contributed by atoms with Crippen molar-refractivity contribution >= 4 is 38.7 Å². The van der Waals surface area contributed by atoms with Crippen LogP contribution in [0.2, 0.25) is 0 Å². The average Bonchev–Trinajstić information content (AvgIpc) is 3.05. The Morgan fingerprint density at radius 2 is 1.79 bits per heavy atom. The fourth-order valence-corrected chi connectivity index (χ4v) is 6.30. The lowest BCUT2D eigenvalue weighted by Gasteiger charge is -2.35. The number of aromatic nitrogens is 1. The van der Waals surface area contributed by atoms with Gasteiger partial charge < -0.3 is 10.1 Å². The molecule has 34 heavy (non-hydrogen) atoms. The van der Waals surface area contributed by atoms with Crippen LogP contribution >= 0.6 is 15.9 Å². The molecule has 1 heterocycles. The van der Waals surface area contributed by atoms with Crippen LogP contribution in [0.1, 0.15) is 48.5 Å². The summed E-state index contributed by atoms with van der Waals surface area (Å²) in [4.78, 5) is 31.1. The van der Waals surface area contributed by atoms with E-state index in [0.29, 0.717) is 24.0 Å². The fourth-order valence-electron chi connectivity index (χ4n) is 5.94. The number of amides is 1. The van der Waals surface area contributed by atoms with Crippen molar-refractivity contribution in [2.75, 3.05) is 6.61 Å². The van der Waals surface area contributed by atoms with Gasteiger partial charge in [-0.3, -0.25) is 9.59 Å². The van der Waals surface area contributed by atoms with E-state index in [0.717, 1.165) is 57.9 Å². The van der Waals surface area contributed by atoms with Crippen molar-refractivity contribution < 1.29 is 14.3 Å². The molecular formula is C28H29BrN2O3. The summed E-state index contributed by atoms with van der Waals surface area (Å²) in [6, 6.07) is 16.0. The van der Waals surface area contributed by atoms with Crippen LogP contribution in [0.25, 0.3) is 22.2 Å². The van der Waals surface area contributed by atoms with Crippen LogP contribution in [0.15, 0.2) is 53.0 Å². The van der Waals surface area contributed by atoms with E-state index < -0.39 is 0 Å². The third kappa shape index (κ3) is 4.24. The number of esters is 1. The van der Waals surface area contributed by atoms with Crippen LogP contribution < -0.4 is 5.32 Å². The van der Waals surface area contributed by atoms with E-state index in [4.69, 9.17) is 9.72 Å². The van der Waals surface area contributed by atoms with E-state index in [2.05, 4.69) is 21.2 Å². The summed E-state index contributed by atoms with van der Waals surface area (Å²) in [7, 11) is 0. The maximum absolute atomic E-state index is 13.8. The Balaban J connectivity index is 1.48.